The summed E-state index contributed by atoms with van der Waals surface area (Å²) in [5.74, 6) is -0.232. The van der Waals surface area contributed by atoms with Crippen LogP contribution in [-0.2, 0) is 11.3 Å². The lowest BCUT2D eigenvalue weighted by molar-refractivity contribution is 0.0437. The lowest BCUT2D eigenvalue weighted by atomic mass is 10.1. The molecule has 0 fully saturated rings. The summed E-state index contributed by atoms with van der Waals surface area (Å²) in [5, 5.41) is 4.28. The molecule has 0 radical (unpaired) electrons. The fourth-order valence-corrected chi connectivity index (χ4v) is 2.52. The first-order valence-electron chi connectivity index (χ1n) is 6.72. The van der Waals surface area contributed by atoms with Gasteiger partial charge in [0.05, 0.1) is 10.6 Å². The highest BCUT2D eigenvalue weighted by atomic mass is 79.9. The van der Waals surface area contributed by atoms with Crippen molar-refractivity contribution in [3.63, 3.8) is 0 Å². The molecule has 0 unspecified atom stereocenters. The van der Waals surface area contributed by atoms with E-state index in [2.05, 4.69) is 26.1 Å². The SMILES string of the molecule is O=C(OCc1cc(-c2ccc(Br)cc2)no1)c1cc(Cl)cnc1Cl. The summed E-state index contributed by atoms with van der Waals surface area (Å²) in [5.41, 5.74) is 1.63. The molecule has 0 aliphatic heterocycles. The van der Waals surface area contributed by atoms with E-state index in [-0.39, 0.29) is 17.3 Å². The van der Waals surface area contributed by atoms with Gasteiger partial charge in [0.2, 0.25) is 0 Å². The molecule has 1 aromatic carbocycles. The maximum atomic E-state index is 12.0. The van der Waals surface area contributed by atoms with Crippen LogP contribution in [0.3, 0.4) is 0 Å². The van der Waals surface area contributed by atoms with Crippen LogP contribution < -0.4 is 0 Å². The minimum Gasteiger partial charge on any atom is -0.454 e. The lowest BCUT2D eigenvalue weighted by Crippen LogP contribution is -2.06. The van der Waals surface area contributed by atoms with Gasteiger partial charge in [-0.2, -0.15) is 0 Å². The highest BCUT2D eigenvalue weighted by molar-refractivity contribution is 9.10. The standard InChI is InChI=1S/C16H9BrCl2N2O3/c17-10-3-1-9(2-4-10)14-6-12(24-21-14)8-23-16(22)13-5-11(18)7-20-15(13)19/h1-7H,8H2. The fraction of sp³-hybridized carbons (Fsp3) is 0.0625. The number of ether oxygens (including phenoxy) is 1. The Morgan fingerprint density at radius 1 is 1.21 bits per heavy atom. The maximum Gasteiger partial charge on any atom is 0.341 e. The first-order valence-corrected chi connectivity index (χ1v) is 8.27. The summed E-state index contributed by atoms with van der Waals surface area (Å²) in [6.45, 7) is -0.0782. The number of pyridine rings is 1. The van der Waals surface area contributed by atoms with E-state index in [9.17, 15) is 4.79 Å². The molecule has 2 heterocycles. The van der Waals surface area contributed by atoms with Crippen LogP contribution in [0, 0.1) is 0 Å². The minimum absolute atomic E-state index is 0.0255. The summed E-state index contributed by atoms with van der Waals surface area (Å²) in [7, 11) is 0. The van der Waals surface area contributed by atoms with Gasteiger partial charge in [-0.1, -0.05) is 56.4 Å². The molecule has 122 valence electrons. The molecule has 0 saturated carbocycles. The molecular formula is C16H9BrCl2N2O3. The van der Waals surface area contributed by atoms with Gasteiger partial charge in [-0.3, -0.25) is 0 Å². The van der Waals surface area contributed by atoms with Gasteiger partial charge >= 0.3 is 5.97 Å². The zero-order valence-corrected chi connectivity index (χ0v) is 15.1. The Bertz CT molecular complexity index is 881. The van der Waals surface area contributed by atoms with E-state index in [4.69, 9.17) is 32.5 Å². The first kappa shape index (κ1) is 17.0. The van der Waals surface area contributed by atoms with Crippen molar-refractivity contribution in [2.24, 2.45) is 0 Å². The van der Waals surface area contributed by atoms with Crippen LogP contribution in [0.15, 0.2) is 51.6 Å². The number of nitrogens with zero attached hydrogens (tertiary/aromatic N) is 2. The molecule has 0 aliphatic rings. The predicted molar refractivity (Wildman–Crippen MR) is 93.0 cm³/mol. The second kappa shape index (κ2) is 7.34. The summed E-state index contributed by atoms with van der Waals surface area (Å²) in [4.78, 5) is 15.8. The Morgan fingerprint density at radius 3 is 2.71 bits per heavy atom. The van der Waals surface area contributed by atoms with Gasteiger partial charge < -0.3 is 9.26 Å². The maximum absolute atomic E-state index is 12.0. The molecule has 0 spiro atoms. The fourth-order valence-electron chi connectivity index (χ4n) is 1.92. The number of rotatable bonds is 4. The molecular weight excluding hydrogens is 419 g/mol. The van der Waals surface area contributed by atoms with Crippen LogP contribution in [0.4, 0.5) is 0 Å². The van der Waals surface area contributed by atoms with Gasteiger partial charge in [0.1, 0.15) is 10.8 Å². The van der Waals surface area contributed by atoms with E-state index in [1.54, 1.807) is 6.07 Å². The molecule has 0 bridgehead atoms. The number of hydrogen-bond donors (Lipinski definition) is 0. The predicted octanol–water partition coefficient (Wildman–Crippen LogP) is 5.16. The molecule has 0 amide bonds. The van der Waals surface area contributed by atoms with Crippen LogP contribution in [0.5, 0.6) is 0 Å². The van der Waals surface area contributed by atoms with E-state index in [1.165, 1.54) is 12.3 Å². The molecule has 5 nitrogen and oxygen atoms in total. The van der Waals surface area contributed by atoms with Crippen LogP contribution in [0.1, 0.15) is 16.1 Å². The third kappa shape index (κ3) is 3.95. The Morgan fingerprint density at radius 2 is 1.96 bits per heavy atom. The van der Waals surface area contributed by atoms with E-state index in [0.29, 0.717) is 16.5 Å². The highest BCUT2D eigenvalue weighted by Crippen LogP contribution is 2.23. The van der Waals surface area contributed by atoms with Crippen LogP contribution >= 0.6 is 39.1 Å². The minimum atomic E-state index is -0.642. The number of carbonyl (C=O) groups excluding carboxylic acids is 1. The number of hydrogen-bond acceptors (Lipinski definition) is 5. The van der Waals surface area contributed by atoms with E-state index in [0.717, 1.165) is 10.0 Å². The molecule has 2 aromatic heterocycles. The van der Waals surface area contributed by atoms with Crippen molar-refractivity contribution in [2.75, 3.05) is 0 Å². The number of aromatic nitrogens is 2. The van der Waals surface area contributed by atoms with Crippen molar-refractivity contribution in [3.8, 4) is 11.3 Å². The summed E-state index contributed by atoms with van der Waals surface area (Å²) < 4.78 is 11.3. The lowest BCUT2D eigenvalue weighted by Gasteiger charge is -2.04. The zero-order valence-electron chi connectivity index (χ0n) is 12.0. The summed E-state index contributed by atoms with van der Waals surface area (Å²) in [6.07, 6.45) is 1.35. The van der Waals surface area contributed by atoms with Crippen molar-refractivity contribution in [3.05, 3.63) is 68.6 Å². The topological polar surface area (TPSA) is 65.2 Å². The number of esters is 1. The Hall–Kier alpha value is -1.89. The third-order valence-corrected chi connectivity index (χ3v) is 4.11. The normalized spacial score (nSPS) is 10.6. The molecule has 0 N–H and O–H groups in total. The van der Waals surface area contributed by atoms with E-state index in [1.807, 2.05) is 24.3 Å². The van der Waals surface area contributed by atoms with Gasteiger partial charge in [-0.15, -0.1) is 0 Å². The van der Waals surface area contributed by atoms with Crippen LogP contribution in [-0.4, -0.2) is 16.1 Å². The Kier molecular flexibility index (Phi) is 5.18. The van der Waals surface area contributed by atoms with Crippen molar-refractivity contribution in [1.82, 2.24) is 10.1 Å². The number of halogens is 3. The monoisotopic (exact) mass is 426 g/mol. The van der Waals surface area contributed by atoms with Crippen LogP contribution in [0.2, 0.25) is 10.2 Å². The second-order valence-corrected chi connectivity index (χ2v) is 6.46. The van der Waals surface area contributed by atoms with Crippen LogP contribution in [0.25, 0.3) is 11.3 Å². The Labute approximate surface area is 155 Å². The smallest absolute Gasteiger partial charge is 0.341 e. The molecule has 3 aromatic rings. The zero-order chi connectivity index (χ0) is 17.1. The largest absolute Gasteiger partial charge is 0.454 e. The van der Waals surface area contributed by atoms with E-state index < -0.39 is 5.97 Å². The third-order valence-electron chi connectivity index (χ3n) is 3.07. The van der Waals surface area contributed by atoms with Crippen molar-refractivity contribution < 1.29 is 14.1 Å². The number of carbonyl (C=O) groups is 1. The molecule has 0 atom stereocenters. The average molecular weight is 428 g/mol. The number of benzene rings is 1. The summed E-state index contributed by atoms with van der Waals surface area (Å²) >= 11 is 15.0. The van der Waals surface area contributed by atoms with Gasteiger partial charge in [-0.05, 0) is 18.2 Å². The van der Waals surface area contributed by atoms with Gasteiger partial charge in [-0.25, -0.2) is 9.78 Å². The van der Waals surface area contributed by atoms with E-state index >= 15 is 0 Å². The van der Waals surface area contributed by atoms with Gasteiger partial charge in [0, 0.05) is 22.3 Å². The quantitative estimate of drug-likeness (QED) is 0.424. The first-order chi connectivity index (χ1) is 11.5. The second-order valence-electron chi connectivity index (χ2n) is 4.75. The molecule has 8 heteroatoms. The van der Waals surface area contributed by atoms with Crippen molar-refractivity contribution in [1.29, 1.82) is 0 Å². The highest BCUT2D eigenvalue weighted by Gasteiger charge is 2.15. The van der Waals surface area contributed by atoms with Crippen molar-refractivity contribution >= 4 is 45.1 Å². The molecule has 0 aliphatic carbocycles. The summed E-state index contributed by atoms with van der Waals surface area (Å²) in [6, 6.07) is 10.7. The van der Waals surface area contributed by atoms with Crippen molar-refractivity contribution in [2.45, 2.75) is 6.61 Å². The van der Waals surface area contributed by atoms with Gasteiger partial charge in [0.25, 0.3) is 0 Å². The average Bonchev–Trinajstić information content (AvgIpc) is 3.04. The molecule has 24 heavy (non-hydrogen) atoms. The van der Waals surface area contributed by atoms with Gasteiger partial charge in [0.15, 0.2) is 12.4 Å². The Balaban J connectivity index is 1.68. The molecule has 3 rings (SSSR count). The molecule has 0 saturated heterocycles.